The van der Waals surface area contributed by atoms with Crippen LogP contribution in [-0.4, -0.2) is 32.0 Å². The lowest BCUT2D eigenvalue weighted by atomic mass is 10.3. The number of aliphatic imine (C=N–C) groups is 2. The number of nitrogens with two attached hydrogens (primary N) is 3. The van der Waals surface area contributed by atoms with Crippen molar-refractivity contribution in [2.45, 2.75) is 4.90 Å². The van der Waals surface area contributed by atoms with Gasteiger partial charge in [-0.3, -0.25) is 4.55 Å². The van der Waals surface area contributed by atoms with Crippen LogP contribution in [0.25, 0.3) is 0 Å². The van der Waals surface area contributed by atoms with Gasteiger partial charge in [0.25, 0.3) is 10.1 Å². The molecule has 104 valence electrons. The maximum Gasteiger partial charge on any atom is 0.296 e. The minimum Gasteiger partial charge on any atom is -0.497 e. The highest BCUT2D eigenvalue weighted by atomic mass is 32.2. The maximum atomic E-state index is 11.2. The summed E-state index contributed by atoms with van der Waals surface area (Å²) >= 11 is 0. The summed E-state index contributed by atoms with van der Waals surface area (Å²) < 4.78 is 36.4. The molecule has 0 aromatic heterocycles. The Morgan fingerprint density at radius 3 is 2.42 bits per heavy atom. The molecule has 1 aromatic rings. The Balaban J connectivity index is 3.40. The monoisotopic (exact) mass is 287 g/mol. The number of methoxy groups -OCH3 is 1. The molecular weight excluding hydrogens is 274 g/mol. The maximum absolute atomic E-state index is 11.2. The van der Waals surface area contributed by atoms with Crippen molar-refractivity contribution in [1.82, 2.24) is 0 Å². The van der Waals surface area contributed by atoms with Gasteiger partial charge in [0.05, 0.1) is 12.8 Å². The van der Waals surface area contributed by atoms with Crippen LogP contribution < -0.4 is 21.9 Å². The van der Waals surface area contributed by atoms with Gasteiger partial charge in [-0.2, -0.15) is 13.4 Å². The second kappa shape index (κ2) is 5.54. The van der Waals surface area contributed by atoms with E-state index in [0.29, 0.717) is 0 Å². The fraction of sp³-hybridized carbons (Fsp3) is 0.111. The molecule has 0 spiro atoms. The fourth-order valence-electron chi connectivity index (χ4n) is 1.20. The molecule has 0 fully saturated rings. The van der Waals surface area contributed by atoms with Crippen molar-refractivity contribution in [2.75, 3.05) is 7.11 Å². The van der Waals surface area contributed by atoms with E-state index >= 15 is 0 Å². The molecule has 0 bridgehead atoms. The topological polar surface area (TPSA) is 166 Å². The van der Waals surface area contributed by atoms with Crippen LogP contribution in [0.15, 0.2) is 33.1 Å². The molecule has 0 amide bonds. The van der Waals surface area contributed by atoms with Gasteiger partial charge in [-0.05, 0) is 12.1 Å². The van der Waals surface area contributed by atoms with Gasteiger partial charge in [0, 0.05) is 6.07 Å². The fourth-order valence-corrected chi connectivity index (χ4v) is 1.84. The zero-order chi connectivity index (χ0) is 14.6. The predicted molar refractivity (Wildman–Crippen MR) is 69.9 cm³/mol. The van der Waals surface area contributed by atoms with Gasteiger partial charge in [-0.15, -0.1) is 0 Å². The molecular formula is C9H13N5O4S. The smallest absolute Gasteiger partial charge is 0.296 e. The minimum atomic E-state index is -4.49. The summed E-state index contributed by atoms with van der Waals surface area (Å²) in [6.45, 7) is 0. The molecule has 0 unspecified atom stereocenters. The molecule has 10 heteroatoms. The summed E-state index contributed by atoms with van der Waals surface area (Å²) in [7, 11) is -3.15. The predicted octanol–water partition coefficient (Wildman–Crippen LogP) is -0.838. The van der Waals surface area contributed by atoms with Crippen LogP contribution in [0.1, 0.15) is 0 Å². The van der Waals surface area contributed by atoms with E-state index in [1.54, 1.807) is 0 Å². The largest absolute Gasteiger partial charge is 0.497 e. The number of guanidine groups is 2. The van der Waals surface area contributed by atoms with E-state index in [1.165, 1.54) is 19.2 Å². The average molecular weight is 287 g/mol. The summed E-state index contributed by atoms with van der Waals surface area (Å²) in [6.07, 6.45) is 0. The van der Waals surface area contributed by atoms with Crippen LogP contribution in [-0.2, 0) is 10.1 Å². The second-order valence-corrected chi connectivity index (χ2v) is 4.71. The van der Waals surface area contributed by atoms with Gasteiger partial charge in [0.2, 0.25) is 5.96 Å². The molecule has 0 aliphatic rings. The zero-order valence-corrected chi connectivity index (χ0v) is 10.8. The summed E-state index contributed by atoms with van der Waals surface area (Å²) in [4.78, 5) is 6.65. The second-order valence-electron chi connectivity index (χ2n) is 3.32. The molecule has 0 heterocycles. The highest BCUT2D eigenvalue weighted by molar-refractivity contribution is 7.86. The molecule has 0 aliphatic carbocycles. The highest BCUT2D eigenvalue weighted by Crippen LogP contribution is 2.28. The molecule has 0 atom stereocenters. The Bertz CT molecular complexity index is 634. The van der Waals surface area contributed by atoms with Crippen molar-refractivity contribution < 1.29 is 17.7 Å². The first-order chi connectivity index (χ1) is 8.74. The molecule has 7 N–H and O–H groups in total. The normalized spacial score (nSPS) is 12.0. The first-order valence-electron chi connectivity index (χ1n) is 4.83. The Kier molecular flexibility index (Phi) is 4.30. The number of benzene rings is 1. The quantitative estimate of drug-likeness (QED) is 0.319. The highest BCUT2D eigenvalue weighted by Gasteiger charge is 2.16. The van der Waals surface area contributed by atoms with Gasteiger partial charge in [-0.25, -0.2) is 4.99 Å². The van der Waals surface area contributed by atoms with E-state index < -0.39 is 15.0 Å². The first kappa shape index (κ1) is 14.7. The molecule has 0 saturated heterocycles. The number of ether oxygens (including phenoxy) is 1. The summed E-state index contributed by atoms with van der Waals surface area (Å²) in [6, 6.07) is 3.82. The SMILES string of the molecule is COc1ccc(N=C(N)N=C(N)N)c(S(=O)(=O)O)c1. The van der Waals surface area contributed by atoms with E-state index in [-0.39, 0.29) is 23.4 Å². The summed E-state index contributed by atoms with van der Waals surface area (Å²) in [5.74, 6) is -0.453. The summed E-state index contributed by atoms with van der Waals surface area (Å²) in [5.41, 5.74) is 15.5. The Hall–Kier alpha value is -2.33. The number of rotatable bonds is 3. The minimum absolute atomic E-state index is 0.120. The van der Waals surface area contributed by atoms with Crippen LogP contribution in [0, 0.1) is 0 Å². The Labute approximate surface area is 109 Å². The van der Waals surface area contributed by atoms with Crippen molar-refractivity contribution >= 4 is 27.7 Å². The average Bonchev–Trinajstić information content (AvgIpc) is 2.26. The number of hydrogen-bond donors (Lipinski definition) is 4. The van der Waals surface area contributed by atoms with Gasteiger partial charge in [-0.1, -0.05) is 0 Å². The molecule has 0 aliphatic heterocycles. The first-order valence-corrected chi connectivity index (χ1v) is 6.27. The molecule has 9 nitrogen and oxygen atoms in total. The van der Waals surface area contributed by atoms with E-state index in [4.69, 9.17) is 26.5 Å². The third-order valence-corrected chi connectivity index (χ3v) is 2.81. The molecule has 19 heavy (non-hydrogen) atoms. The third kappa shape index (κ3) is 4.12. The molecule has 1 rings (SSSR count). The van der Waals surface area contributed by atoms with E-state index in [2.05, 4.69) is 9.98 Å². The van der Waals surface area contributed by atoms with Gasteiger partial charge in [0.15, 0.2) is 5.96 Å². The van der Waals surface area contributed by atoms with Crippen molar-refractivity contribution in [2.24, 2.45) is 27.2 Å². The lowest BCUT2D eigenvalue weighted by molar-refractivity contribution is 0.412. The van der Waals surface area contributed by atoms with Crippen LogP contribution in [0.2, 0.25) is 0 Å². The Morgan fingerprint density at radius 1 is 1.32 bits per heavy atom. The molecule has 0 radical (unpaired) electrons. The van der Waals surface area contributed by atoms with E-state index in [1.807, 2.05) is 0 Å². The van der Waals surface area contributed by atoms with Gasteiger partial charge >= 0.3 is 0 Å². The molecule has 1 aromatic carbocycles. The van der Waals surface area contributed by atoms with Crippen LogP contribution in [0.4, 0.5) is 5.69 Å². The summed E-state index contributed by atoms with van der Waals surface area (Å²) in [5, 5.41) is 0. The number of nitrogens with zero attached hydrogens (tertiary/aromatic N) is 2. The van der Waals surface area contributed by atoms with Gasteiger partial charge in [0.1, 0.15) is 10.6 Å². The van der Waals surface area contributed by atoms with Crippen molar-refractivity contribution in [3.63, 3.8) is 0 Å². The zero-order valence-electron chi connectivity index (χ0n) is 9.94. The van der Waals surface area contributed by atoms with E-state index in [0.717, 1.165) is 6.07 Å². The van der Waals surface area contributed by atoms with Gasteiger partial charge < -0.3 is 21.9 Å². The van der Waals surface area contributed by atoms with Crippen LogP contribution in [0.3, 0.4) is 0 Å². The third-order valence-electron chi connectivity index (χ3n) is 1.92. The molecule has 0 saturated carbocycles. The van der Waals surface area contributed by atoms with E-state index in [9.17, 15) is 8.42 Å². The number of hydrogen-bond acceptors (Lipinski definition) is 4. The lowest BCUT2D eigenvalue weighted by Crippen LogP contribution is -2.26. The Morgan fingerprint density at radius 2 is 1.95 bits per heavy atom. The van der Waals surface area contributed by atoms with Crippen LogP contribution >= 0.6 is 0 Å². The lowest BCUT2D eigenvalue weighted by Gasteiger charge is -2.05. The standard InChI is InChI=1S/C9H13N5O4S/c1-18-5-2-3-6(7(4-5)19(15,16)17)13-9(12)14-8(10)11/h2-4H,1H3,(H,15,16,17)(H6,10,11,12,13,14). The van der Waals surface area contributed by atoms with Crippen LogP contribution in [0.5, 0.6) is 5.75 Å². The van der Waals surface area contributed by atoms with Crippen molar-refractivity contribution in [1.29, 1.82) is 0 Å². The van der Waals surface area contributed by atoms with Crippen molar-refractivity contribution in [3.05, 3.63) is 18.2 Å². The van der Waals surface area contributed by atoms with Crippen molar-refractivity contribution in [3.8, 4) is 5.75 Å².